The third kappa shape index (κ3) is 3.50. The molecule has 2 atom stereocenters. The molecule has 0 heterocycles. The molecule has 0 aromatic heterocycles. The Labute approximate surface area is 108 Å². The molecule has 3 heteroatoms. The number of nitrogens with one attached hydrogen (secondary N) is 1. The van der Waals surface area contributed by atoms with E-state index in [-0.39, 0.29) is 5.91 Å². The van der Waals surface area contributed by atoms with E-state index >= 15 is 0 Å². The summed E-state index contributed by atoms with van der Waals surface area (Å²) < 4.78 is 0. The van der Waals surface area contributed by atoms with Crippen LogP contribution in [0, 0.1) is 5.92 Å². The van der Waals surface area contributed by atoms with Crippen LogP contribution >= 0.6 is 12.6 Å². The second kappa shape index (κ2) is 5.58. The standard InChI is InChI=1S/C14H19NOS/c1-10-3-2-4-13(10)15-14(16)9-11-5-7-12(17)8-6-11/h5-8,10,13,17H,2-4,9H2,1H3,(H,15,16). The Morgan fingerprint density at radius 2 is 2.06 bits per heavy atom. The van der Waals surface area contributed by atoms with Gasteiger partial charge in [0, 0.05) is 10.9 Å². The van der Waals surface area contributed by atoms with Crippen LogP contribution in [-0.2, 0) is 11.2 Å². The van der Waals surface area contributed by atoms with E-state index in [1.54, 1.807) is 0 Å². The third-order valence-electron chi connectivity index (χ3n) is 3.51. The molecule has 1 aliphatic carbocycles. The Balaban J connectivity index is 1.86. The Kier molecular flexibility index (Phi) is 4.11. The van der Waals surface area contributed by atoms with E-state index in [0.29, 0.717) is 18.4 Å². The maximum atomic E-state index is 11.9. The highest BCUT2D eigenvalue weighted by atomic mass is 32.1. The quantitative estimate of drug-likeness (QED) is 0.793. The van der Waals surface area contributed by atoms with Crippen LogP contribution in [0.4, 0.5) is 0 Å². The van der Waals surface area contributed by atoms with Crippen molar-refractivity contribution < 1.29 is 4.79 Å². The molecule has 2 unspecified atom stereocenters. The van der Waals surface area contributed by atoms with E-state index in [0.717, 1.165) is 16.9 Å². The highest BCUT2D eigenvalue weighted by Gasteiger charge is 2.24. The number of hydrogen-bond acceptors (Lipinski definition) is 2. The summed E-state index contributed by atoms with van der Waals surface area (Å²) in [7, 11) is 0. The zero-order valence-corrected chi connectivity index (χ0v) is 11.0. The molecule has 1 saturated carbocycles. The van der Waals surface area contributed by atoms with Crippen LogP contribution < -0.4 is 5.32 Å². The summed E-state index contributed by atoms with van der Waals surface area (Å²) in [5.41, 5.74) is 1.05. The lowest BCUT2D eigenvalue weighted by Gasteiger charge is -2.17. The number of hydrogen-bond donors (Lipinski definition) is 2. The van der Waals surface area contributed by atoms with Gasteiger partial charge in [0.15, 0.2) is 0 Å². The predicted octanol–water partition coefficient (Wildman–Crippen LogP) is 2.82. The summed E-state index contributed by atoms with van der Waals surface area (Å²) >= 11 is 4.23. The summed E-state index contributed by atoms with van der Waals surface area (Å²) in [5, 5.41) is 3.13. The topological polar surface area (TPSA) is 29.1 Å². The van der Waals surface area contributed by atoms with Crippen LogP contribution in [0.3, 0.4) is 0 Å². The predicted molar refractivity (Wildman–Crippen MR) is 72.3 cm³/mol. The highest BCUT2D eigenvalue weighted by molar-refractivity contribution is 7.80. The number of carbonyl (C=O) groups excluding carboxylic acids is 1. The van der Waals surface area contributed by atoms with Crippen molar-refractivity contribution in [2.24, 2.45) is 5.92 Å². The van der Waals surface area contributed by atoms with Crippen molar-refractivity contribution in [1.29, 1.82) is 0 Å². The lowest BCUT2D eigenvalue weighted by Crippen LogP contribution is -2.37. The van der Waals surface area contributed by atoms with Crippen molar-refractivity contribution in [2.45, 2.75) is 43.5 Å². The molecule has 1 amide bonds. The second-order valence-corrected chi connectivity index (χ2v) is 5.44. The molecular formula is C14H19NOS. The zero-order chi connectivity index (χ0) is 12.3. The van der Waals surface area contributed by atoms with E-state index in [9.17, 15) is 4.79 Å². The minimum Gasteiger partial charge on any atom is -0.353 e. The van der Waals surface area contributed by atoms with Crippen molar-refractivity contribution in [2.75, 3.05) is 0 Å². The van der Waals surface area contributed by atoms with E-state index in [2.05, 4.69) is 24.9 Å². The van der Waals surface area contributed by atoms with Gasteiger partial charge in [0.05, 0.1) is 6.42 Å². The minimum atomic E-state index is 0.135. The van der Waals surface area contributed by atoms with Crippen LogP contribution in [0.5, 0.6) is 0 Å². The van der Waals surface area contributed by atoms with Gasteiger partial charge in [-0.15, -0.1) is 12.6 Å². The van der Waals surface area contributed by atoms with Crippen LogP contribution in [0.15, 0.2) is 29.2 Å². The van der Waals surface area contributed by atoms with Gasteiger partial charge in [-0.1, -0.05) is 25.5 Å². The Morgan fingerprint density at radius 1 is 1.35 bits per heavy atom. The van der Waals surface area contributed by atoms with Crippen molar-refractivity contribution in [3.8, 4) is 0 Å². The first-order valence-electron chi connectivity index (χ1n) is 6.22. The third-order valence-corrected chi connectivity index (χ3v) is 3.81. The van der Waals surface area contributed by atoms with Crippen molar-refractivity contribution in [3.63, 3.8) is 0 Å². The molecule has 1 N–H and O–H groups in total. The van der Waals surface area contributed by atoms with Crippen LogP contribution in [-0.4, -0.2) is 11.9 Å². The molecule has 0 spiro atoms. The molecule has 17 heavy (non-hydrogen) atoms. The molecule has 0 aliphatic heterocycles. The summed E-state index contributed by atoms with van der Waals surface area (Å²) in [6, 6.07) is 8.14. The van der Waals surface area contributed by atoms with Gasteiger partial charge in [0.1, 0.15) is 0 Å². The van der Waals surface area contributed by atoms with Crippen LogP contribution in [0.25, 0.3) is 0 Å². The summed E-state index contributed by atoms with van der Waals surface area (Å²) in [6.07, 6.45) is 4.07. The monoisotopic (exact) mass is 249 g/mol. The first-order valence-corrected chi connectivity index (χ1v) is 6.67. The lowest BCUT2D eigenvalue weighted by molar-refractivity contribution is -0.121. The SMILES string of the molecule is CC1CCCC1NC(=O)Cc1ccc(S)cc1. The van der Waals surface area contributed by atoms with Gasteiger partial charge in [-0.25, -0.2) is 0 Å². The normalized spacial score (nSPS) is 23.6. The molecule has 2 nitrogen and oxygen atoms in total. The Bertz CT molecular complexity index is 388. The number of amides is 1. The summed E-state index contributed by atoms with van der Waals surface area (Å²) in [4.78, 5) is 12.8. The first-order chi connectivity index (χ1) is 8.15. The summed E-state index contributed by atoms with van der Waals surface area (Å²) in [6.45, 7) is 2.22. The number of rotatable bonds is 3. The Hall–Kier alpha value is -0.960. The molecule has 1 aliphatic rings. The summed E-state index contributed by atoms with van der Waals surface area (Å²) in [5.74, 6) is 0.759. The molecule has 1 aromatic carbocycles. The molecule has 92 valence electrons. The maximum Gasteiger partial charge on any atom is 0.224 e. The van der Waals surface area contributed by atoms with Crippen molar-refractivity contribution >= 4 is 18.5 Å². The van der Waals surface area contributed by atoms with Gasteiger partial charge >= 0.3 is 0 Å². The molecule has 0 saturated heterocycles. The van der Waals surface area contributed by atoms with Gasteiger partial charge in [0.25, 0.3) is 0 Å². The van der Waals surface area contributed by atoms with E-state index in [1.165, 1.54) is 12.8 Å². The van der Waals surface area contributed by atoms with Crippen molar-refractivity contribution in [1.82, 2.24) is 5.32 Å². The van der Waals surface area contributed by atoms with Gasteiger partial charge < -0.3 is 5.32 Å². The largest absolute Gasteiger partial charge is 0.353 e. The highest BCUT2D eigenvalue weighted by Crippen LogP contribution is 2.24. The molecular weight excluding hydrogens is 230 g/mol. The minimum absolute atomic E-state index is 0.135. The second-order valence-electron chi connectivity index (χ2n) is 4.93. The van der Waals surface area contributed by atoms with Crippen LogP contribution in [0.1, 0.15) is 31.7 Å². The molecule has 1 fully saturated rings. The fourth-order valence-electron chi connectivity index (χ4n) is 2.42. The van der Waals surface area contributed by atoms with E-state index in [4.69, 9.17) is 0 Å². The fraction of sp³-hybridized carbons (Fsp3) is 0.500. The number of benzene rings is 1. The average Bonchev–Trinajstić information content (AvgIpc) is 2.68. The smallest absolute Gasteiger partial charge is 0.224 e. The van der Waals surface area contributed by atoms with E-state index in [1.807, 2.05) is 24.3 Å². The Morgan fingerprint density at radius 3 is 2.65 bits per heavy atom. The molecule has 1 aromatic rings. The van der Waals surface area contributed by atoms with Crippen molar-refractivity contribution in [3.05, 3.63) is 29.8 Å². The van der Waals surface area contributed by atoms with Gasteiger partial charge in [-0.2, -0.15) is 0 Å². The number of thiol groups is 1. The fourth-order valence-corrected chi connectivity index (χ4v) is 2.57. The zero-order valence-electron chi connectivity index (χ0n) is 10.1. The molecule has 2 rings (SSSR count). The van der Waals surface area contributed by atoms with Gasteiger partial charge in [-0.05, 0) is 36.5 Å². The van der Waals surface area contributed by atoms with Crippen LogP contribution in [0.2, 0.25) is 0 Å². The molecule has 0 radical (unpaired) electrons. The lowest BCUT2D eigenvalue weighted by atomic mass is 10.1. The number of carbonyl (C=O) groups is 1. The maximum absolute atomic E-state index is 11.9. The van der Waals surface area contributed by atoms with E-state index < -0.39 is 0 Å². The molecule has 0 bridgehead atoms. The van der Waals surface area contributed by atoms with Gasteiger partial charge in [0.2, 0.25) is 5.91 Å². The average molecular weight is 249 g/mol. The van der Waals surface area contributed by atoms with Gasteiger partial charge in [-0.3, -0.25) is 4.79 Å². The first kappa shape index (κ1) is 12.5.